The molecule has 9 heteroatoms. The summed E-state index contributed by atoms with van der Waals surface area (Å²) in [5.41, 5.74) is 6.07. The van der Waals surface area contributed by atoms with Crippen LogP contribution < -0.4 is 16.0 Å². The minimum Gasteiger partial charge on any atom is -0.391 e. The molecule has 0 radical (unpaired) electrons. The van der Waals surface area contributed by atoms with Gasteiger partial charge in [0.15, 0.2) is 0 Å². The molecule has 3 rings (SSSR count). The van der Waals surface area contributed by atoms with Gasteiger partial charge < -0.3 is 26.0 Å². The van der Waals surface area contributed by atoms with Crippen molar-refractivity contribution in [2.24, 2.45) is 5.73 Å². The SMILES string of the molecule is CN(CC(=O)NC1CC(c2cc(N3CC[C@H](O)C3)ncn2)C1)C(N)=O. The van der Waals surface area contributed by atoms with Crippen molar-refractivity contribution in [2.75, 3.05) is 31.6 Å². The maximum Gasteiger partial charge on any atom is 0.314 e. The van der Waals surface area contributed by atoms with Crippen molar-refractivity contribution in [1.29, 1.82) is 0 Å². The van der Waals surface area contributed by atoms with Crippen molar-refractivity contribution < 1.29 is 14.7 Å². The van der Waals surface area contributed by atoms with Gasteiger partial charge in [0.05, 0.1) is 6.10 Å². The van der Waals surface area contributed by atoms with E-state index in [1.807, 2.05) is 6.07 Å². The molecular formula is C16H24N6O3. The number of likely N-dealkylation sites (N-methyl/N-ethyl adjacent to an activating group) is 1. The number of carbonyl (C=O) groups is 2. The molecule has 0 unspecified atom stereocenters. The highest BCUT2D eigenvalue weighted by Crippen LogP contribution is 2.36. The predicted octanol–water partition coefficient (Wildman–Crippen LogP) is -0.580. The van der Waals surface area contributed by atoms with Gasteiger partial charge in [-0.3, -0.25) is 4.79 Å². The summed E-state index contributed by atoms with van der Waals surface area (Å²) in [6.07, 6.45) is 3.65. The average Bonchev–Trinajstić information content (AvgIpc) is 2.97. The maximum absolute atomic E-state index is 11.8. The Kier molecular flexibility index (Phi) is 5.03. The van der Waals surface area contributed by atoms with E-state index in [1.165, 1.54) is 11.9 Å². The first-order chi connectivity index (χ1) is 11.9. The van der Waals surface area contributed by atoms with Crippen molar-refractivity contribution in [3.05, 3.63) is 18.1 Å². The van der Waals surface area contributed by atoms with Crippen LogP contribution in [-0.4, -0.2) is 70.7 Å². The number of urea groups is 1. The monoisotopic (exact) mass is 348 g/mol. The summed E-state index contributed by atoms with van der Waals surface area (Å²) in [5, 5.41) is 12.6. The Morgan fingerprint density at radius 1 is 1.44 bits per heavy atom. The molecule has 9 nitrogen and oxygen atoms in total. The van der Waals surface area contributed by atoms with Gasteiger partial charge in [-0.1, -0.05) is 0 Å². The van der Waals surface area contributed by atoms with E-state index in [4.69, 9.17) is 5.73 Å². The van der Waals surface area contributed by atoms with Crippen LogP contribution in [0, 0.1) is 0 Å². The van der Waals surface area contributed by atoms with Crippen molar-refractivity contribution in [3.8, 4) is 0 Å². The number of nitrogens with one attached hydrogen (secondary N) is 1. The van der Waals surface area contributed by atoms with Gasteiger partial charge in [-0.2, -0.15) is 0 Å². The van der Waals surface area contributed by atoms with Gasteiger partial charge in [0, 0.05) is 43.9 Å². The number of aromatic nitrogens is 2. The van der Waals surface area contributed by atoms with E-state index in [0.717, 1.165) is 37.3 Å². The van der Waals surface area contributed by atoms with Crippen molar-refractivity contribution >= 4 is 17.8 Å². The Labute approximate surface area is 146 Å². The van der Waals surface area contributed by atoms with E-state index < -0.39 is 6.03 Å². The third kappa shape index (κ3) is 4.16. The Morgan fingerprint density at radius 3 is 2.84 bits per heavy atom. The van der Waals surface area contributed by atoms with Crippen LogP contribution in [0.3, 0.4) is 0 Å². The first-order valence-electron chi connectivity index (χ1n) is 8.47. The summed E-state index contributed by atoms with van der Waals surface area (Å²) in [5.74, 6) is 0.921. The van der Waals surface area contributed by atoms with Crippen LogP contribution >= 0.6 is 0 Å². The molecule has 1 atom stereocenters. The second-order valence-corrected chi connectivity index (χ2v) is 6.82. The lowest BCUT2D eigenvalue weighted by atomic mass is 9.78. The minimum atomic E-state index is -0.623. The molecule has 136 valence electrons. The van der Waals surface area contributed by atoms with Gasteiger partial charge in [-0.15, -0.1) is 0 Å². The summed E-state index contributed by atoms with van der Waals surface area (Å²) in [6, 6.07) is 1.44. The van der Waals surface area contributed by atoms with E-state index in [2.05, 4.69) is 20.2 Å². The van der Waals surface area contributed by atoms with Crippen LogP contribution in [-0.2, 0) is 4.79 Å². The molecular weight excluding hydrogens is 324 g/mol. The lowest BCUT2D eigenvalue weighted by Gasteiger charge is -2.36. The van der Waals surface area contributed by atoms with Gasteiger partial charge in [0.25, 0.3) is 0 Å². The van der Waals surface area contributed by atoms with E-state index in [1.54, 1.807) is 6.33 Å². The van der Waals surface area contributed by atoms with Crippen molar-refractivity contribution in [3.63, 3.8) is 0 Å². The molecule has 25 heavy (non-hydrogen) atoms. The zero-order valence-corrected chi connectivity index (χ0v) is 14.3. The Balaban J connectivity index is 1.49. The molecule has 1 aliphatic heterocycles. The first kappa shape index (κ1) is 17.4. The number of aliphatic hydroxyl groups is 1. The van der Waals surface area contributed by atoms with Crippen LogP contribution in [0.5, 0.6) is 0 Å². The molecule has 2 aliphatic rings. The highest BCUT2D eigenvalue weighted by molar-refractivity contribution is 5.83. The molecule has 1 aliphatic carbocycles. The molecule has 2 fully saturated rings. The second kappa shape index (κ2) is 7.22. The largest absolute Gasteiger partial charge is 0.391 e. The van der Waals surface area contributed by atoms with Crippen LogP contribution in [0.25, 0.3) is 0 Å². The molecule has 1 saturated carbocycles. The molecule has 0 aromatic carbocycles. The van der Waals surface area contributed by atoms with Gasteiger partial charge in [-0.05, 0) is 19.3 Å². The van der Waals surface area contributed by atoms with E-state index >= 15 is 0 Å². The fourth-order valence-corrected chi connectivity index (χ4v) is 3.25. The lowest BCUT2D eigenvalue weighted by molar-refractivity contribution is -0.122. The number of amides is 3. The highest BCUT2D eigenvalue weighted by Gasteiger charge is 2.33. The molecule has 1 aromatic heterocycles. The number of hydrogen-bond donors (Lipinski definition) is 3. The predicted molar refractivity (Wildman–Crippen MR) is 91.0 cm³/mol. The number of carbonyl (C=O) groups excluding carboxylic acids is 2. The Hall–Kier alpha value is -2.42. The molecule has 1 saturated heterocycles. The average molecular weight is 348 g/mol. The van der Waals surface area contributed by atoms with Crippen molar-refractivity contribution in [1.82, 2.24) is 20.2 Å². The van der Waals surface area contributed by atoms with Crippen LogP contribution in [0.2, 0.25) is 0 Å². The molecule has 0 bridgehead atoms. The highest BCUT2D eigenvalue weighted by atomic mass is 16.3. The van der Waals surface area contributed by atoms with Gasteiger partial charge in [0.1, 0.15) is 18.7 Å². The standard InChI is InChI=1S/C16H24N6O3/c1-21(16(17)25)8-15(24)20-11-4-10(5-11)13-6-14(19-9-18-13)22-3-2-12(23)7-22/h6,9-12,23H,2-5,7-8H2,1H3,(H2,17,25)(H,20,24)/t10?,11?,12-/m0/s1. The molecule has 0 spiro atoms. The second-order valence-electron chi connectivity index (χ2n) is 6.82. The normalized spacial score (nSPS) is 25.4. The Morgan fingerprint density at radius 2 is 2.20 bits per heavy atom. The van der Waals surface area contributed by atoms with Crippen LogP contribution in [0.4, 0.5) is 10.6 Å². The summed E-state index contributed by atoms with van der Waals surface area (Å²) < 4.78 is 0. The summed E-state index contributed by atoms with van der Waals surface area (Å²) in [7, 11) is 1.49. The quantitative estimate of drug-likeness (QED) is 0.654. The summed E-state index contributed by atoms with van der Waals surface area (Å²) >= 11 is 0. The lowest BCUT2D eigenvalue weighted by Crippen LogP contribution is -2.48. The zero-order chi connectivity index (χ0) is 18.0. The maximum atomic E-state index is 11.8. The van der Waals surface area contributed by atoms with E-state index in [9.17, 15) is 14.7 Å². The number of nitrogens with zero attached hydrogens (tertiary/aromatic N) is 4. The van der Waals surface area contributed by atoms with Crippen LogP contribution in [0.15, 0.2) is 12.4 Å². The zero-order valence-electron chi connectivity index (χ0n) is 14.3. The van der Waals surface area contributed by atoms with E-state index in [0.29, 0.717) is 6.54 Å². The third-order valence-electron chi connectivity index (χ3n) is 4.84. The van der Waals surface area contributed by atoms with Gasteiger partial charge in [0.2, 0.25) is 5.91 Å². The van der Waals surface area contributed by atoms with Crippen LogP contribution in [0.1, 0.15) is 30.9 Å². The molecule has 3 amide bonds. The van der Waals surface area contributed by atoms with Gasteiger partial charge >= 0.3 is 6.03 Å². The summed E-state index contributed by atoms with van der Waals surface area (Å²) in [6.45, 7) is 1.37. The topological polar surface area (TPSA) is 125 Å². The number of hydrogen-bond acceptors (Lipinski definition) is 6. The van der Waals surface area contributed by atoms with Crippen molar-refractivity contribution in [2.45, 2.75) is 37.3 Å². The Bertz CT molecular complexity index is 649. The number of rotatable bonds is 5. The number of aliphatic hydroxyl groups excluding tert-OH is 1. The molecule has 1 aromatic rings. The first-order valence-corrected chi connectivity index (χ1v) is 8.47. The molecule has 4 N–H and O–H groups in total. The third-order valence-corrected chi connectivity index (χ3v) is 4.84. The number of β-amino-alcohol motifs (C(OH)–C–C–N with tert-alkyl or cyclic N) is 1. The fourth-order valence-electron chi connectivity index (χ4n) is 3.25. The number of primary amides is 1. The fraction of sp³-hybridized carbons (Fsp3) is 0.625. The number of anilines is 1. The summed E-state index contributed by atoms with van der Waals surface area (Å²) in [4.78, 5) is 34.7. The number of nitrogens with two attached hydrogens (primary N) is 1. The van der Waals surface area contributed by atoms with Gasteiger partial charge in [-0.25, -0.2) is 14.8 Å². The van der Waals surface area contributed by atoms with E-state index in [-0.39, 0.29) is 30.5 Å². The smallest absolute Gasteiger partial charge is 0.314 e. The molecule has 2 heterocycles. The minimum absolute atomic E-state index is 0.0363.